The predicted octanol–water partition coefficient (Wildman–Crippen LogP) is 5.43. The minimum Gasteiger partial charge on any atom is -0.378 e. The highest BCUT2D eigenvalue weighted by Gasteiger charge is 2.37. The summed E-state index contributed by atoms with van der Waals surface area (Å²) >= 11 is 0. The number of ether oxygens (including phenoxy) is 1. The van der Waals surface area contributed by atoms with E-state index in [4.69, 9.17) is 4.74 Å². The molecule has 0 saturated carbocycles. The quantitative estimate of drug-likeness (QED) is 0.532. The zero-order valence-corrected chi connectivity index (χ0v) is 20.5. The molecule has 2 aliphatic heterocycles. The molecule has 0 atom stereocenters. The van der Waals surface area contributed by atoms with E-state index in [1.807, 2.05) is 24.3 Å². The van der Waals surface area contributed by atoms with Crippen molar-refractivity contribution in [2.24, 2.45) is 4.99 Å². The Labute approximate surface area is 202 Å². The molecule has 0 radical (unpaired) electrons. The van der Waals surface area contributed by atoms with E-state index in [-0.39, 0.29) is 12.3 Å². The fourth-order valence-corrected chi connectivity index (χ4v) is 4.67. The fourth-order valence-electron chi connectivity index (χ4n) is 3.80. The number of amidine groups is 1. The molecule has 0 aliphatic carbocycles. The molecule has 0 aromatic heterocycles. The molecule has 4 rings (SSSR count). The molecule has 0 spiro atoms. The molecule has 10 heteroatoms. The van der Waals surface area contributed by atoms with Gasteiger partial charge in [-0.15, -0.1) is 0 Å². The Morgan fingerprint density at radius 1 is 0.914 bits per heavy atom. The molecule has 1 fully saturated rings. The first-order valence-corrected chi connectivity index (χ1v) is 13.9. The Morgan fingerprint density at radius 3 is 2.11 bits per heavy atom. The zero-order valence-electron chi connectivity index (χ0n) is 19.6. The van der Waals surface area contributed by atoms with Crippen molar-refractivity contribution in [1.82, 2.24) is 0 Å². The summed E-state index contributed by atoms with van der Waals surface area (Å²) in [5, 5.41) is 6.57. The van der Waals surface area contributed by atoms with E-state index < -0.39 is 18.9 Å². The van der Waals surface area contributed by atoms with Crippen molar-refractivity contribution in [3.63, 3.8) is 0 Å². The Morgan fingerprint density at radius 2 is 1.51 bits per heavy atom. The summed E-state index contributed by atoms with van der Waals surface area (Å²) < 4.78 is 59.0. The van der Waals surface area contributed by atoms with E-state index in [1.54, 1.807) is 43.7 Å². The number of aliphatic imine (C=N–C) groups is 1. The van der Waals surface area contributed by atoms with Gasteiger partial charge in [0.2, 0.25) is 0 Å². The lowest BCUT2D eigenvalue weighted by molar-refractivity contribution is -0.0862. The van der Waals surface area contributed by atoms with Crippen molar-refractivity contribution in [3.05, 3.63) is 72.1 Å². The van der Waals surface area contributed by atoms with Gasteiger partial charge in [0.25, 0.3) is 0 Å². The summed E-state index contributed by atoms with van der Waals surface area (Å²) in [5.41, 5.74) is 1.37. The van der Waals surface area contributed by atoms with Crippen LogP contribution in [-0.2, 0) is 9.30 Å². The van der Waals surface area contributed by atoms with Crippen LogP contribution in [0.2, 0.25) is 0 Å². The highest BCUT2D eigenvalue weighted by Crippen LogP contribution is 2.35. The smallest absolute Gasteiger partial charge is 0.378 e. The molecule has 35 heavy (non-hydrogen) atoms. The van der Waals surface area contributed by atoms with E-state index in [2.05, 4.69) is 20.5 Å². The molecule has 0 unspecified atom stereocenters. The first kappa shape index (κ1) is 25.1. The maximum Gasteiger partial charge on any atom is 0.419 e. The molecule has 0 bridgehead atoms. The van der Waals surface area contributed by atoms with Gasteiger partial charge in [0.15, 0.2) is 0 Å². The Bertz CT molecular complexity index is 1180. The van der Waals surface area contributed by atoms with Crippen LogP contribution >= 0.6 is 7.14 Å². The van der Waals surface area contributed by atoms with Crippen molar-refractivity contribution < 1.29 is 22.5 Å². The van der Waals surface area contributed by atoms with Crippen LogP contribution in [0.1, 0.15) is 6.42 Å². The van der Waals surface area contributed by atoms with Crippen LogP contribution in [0.5, 0.6) is 0 Å². The number of nitrogens with zero attached hydrogens (tertiary/aromatic N) is 2. The summed E-state index contributed by atoms with van der Waals surface area (Å²) in [4.78, 5) is 6.50. The molecule has 2 aromatic rings. The average molecular weight is 504 g/mol. The number of hydrogen-bond donors (Lipinski definition) is 2. The SMILES string of the molecule is CP(C)(=O)c1ccc(NC2=NC(Nc3ccc(N4CCOCC4)cc3)=CCC=C2C(F)(F)F)cc1. The summed E-state index contributed by atoms with van der Waals surface area (Å²) in [6.45, 7) is 6.29. The van der Waals surface area contributed by atoms with Crippen LogP contribution in [0.4, 0.5) is 30.2 Å². The number of nitrogens with one attached hydrogen (secondary N) is 2. The van der Waals surface area contributed by atoms with Crippen LogP contribution in [0, 0.1) is 0 Å². The van der Waals surface area contributed by atoms with Gasteiger partial charge in [-0.1, -0.05) is 6.08 Å². The molecule has 6 nitrogen and oxygen atoms in total. The van der Waals surface area contributed by atoms with Crippen molar-refractivity contribution in [3.8, 4) is 0 Å². The monoisotopic (exact) mass is 504 g/mol. The summed E-state index contributed by atoms with van der Waals surface area (Å²) in [7, 11) is -2.47. The normalized spacial score (nSPS) is 17.2. The standard InChI is InChI=1S/C25H28F3N4O2P/c1-35(2,33)21-12-8-19(9-13-21)30-24-22(25(26,27)28)4-3-5-23(31-24)29-18-6-10-20(11-7-18)32-14-16-34-17-15-32/h4-13,29H,3,14-17H2,1-2H3,(H,30,31). The van der Waals surface area contributed by atoms with Crippen LogP contribution in [0.15, 0.2) is 77.1 Å². The Hall–Kier alpha value is -3.03. The molecular formula is C25H28F3N4O2P. The average Bonchev–Trinajstić information content (AvgIpc) is 3.02. The van der Waals surface area contributed by atoms with Crippen LogP contribution in [0.25, 0.3) is 0 Å². The second-order valence-corrected chi connectivity index (χ2v) is 11.9. The number of anilines is 3. The van der Waals surface area contributed by atoms with E-state index in [1.165, 1.54) is 0 Å². The lowest BCUT2D eigenvalue weighted by atomic mass is 10.2. The number of hydrogen-bond acceptors (Lipinski definition) is 6. The molecule has 1 saturated heterocycles. The molecular weight excluding hydrogens is 476 g/mol. The van der Waals surface area contributed by atoms with Crippen molar-refractivity contribution in [2.45, 2.75) is 12.6 Å². The van der Waals surface area contributed by atoms with Crippen molar-refractivity contribution >= 4 is 35.3 Å². The number of benzene rings is 2. The minimum absolute atomic E-state index is 0.0749. The van der Waals surface area contributed by atoms with Gasteiger partial charge in [-0.2, -0.15) is 13.2 Å². The number of halogens is 3. The van der Waals surface area contributed by atoms with E-state index >= 15 is 0 Å². The molecule has 2 aromatic carbocycles. The van der Waals surface area contributed by atoms with Gasteiger partial charge in [0.05, 0.1) is 18.8 Å². The van der Waals surface area contributed by atoms with Crippen molar-refractivity contribution in [1.29, 1.82) is 0 Å². The number of morpholine rings is 1. The van der Waals surface area contributed by atoms with Crippen LogP contribution in [0.3, 0.4) is 0 Å². The molecule has 186 valence electrons. The lowest BCUT2D eigenvalue weighted by Crippen LogP contribution is -2.36. The third-order valence-electron chi connectivity index (χ3n) is 5.69. The molecule has 2 N–H and O–H groups in total. The summed E-state index contributed by atoms with van der Waals surface area (Å²) in [6.07, 6.45) is -1.77. The number of rotatable bonds is 5. The van der Waals surface area contributed by atoms with Crippen LogP contribution in [-0.4, -0.2) is 51.6 Å². The Kier molecular flexibility index (Phi) is 7.38. The summed E-state index contributed by atoms with van der Waals surface area (Å²) in [6, 6.07) is 14.2. The van der Waals surface area contributed by atoms with Gasteiger partial charge in [-0.05, 0) is 74.4 Å². The van der Waals surface area contributed by atoms with E-state index in [0.717, 1.165) is 30.5 Å². The van der Waals surface area contributed by atoms with Crippen LogP contribution < -0.4 is 20.8 Å². The number of alkyl halides is 3. The highest BCUT2D eigenvalue weighted by molar-refractivity contribution is 7.70. The number of allylic oxidation sites excluding steroid dienone is 2. The maximum absolute atomic E-state index is 13.8. The van der Waals surface area contributed by atoms with Gasteiger partial charge in [0, 0.05) is 35.5 Å². The van der Waals surface area contributed by atoms with Crippen molar-refractivity contribution in [2.75, 3.05) is 55.2 Å². The predicted molar refractivity (Wildman–Crippen MR) is 137 cm³/mol. The third-order valence-corrected chi connectivity index (χ3v) is 7.24. The maximum atomic E-state index is 13.8. The first-order valence-electron chi connectivity index (χ1n) is 11.3. The Balaban J connectivity index is 1.54. The van der Waals surface area contributed by atoms with E-state index in [9.17, 15) is 17.7 Å². The van der Waals surface area contributed by atoms with Gasteiger partial charge >= 0.3 is 6.18 Å². The highest BCUT2D eigenvalue weighted by atomic mass is 31.2. The second kappa shape index (κ2) is 10.3. The molecule has 0 amide bonds. The fraction of sp³-hybridized carbons (Fsp3) is 0.320. The van der Waals surface area contributed by atoms with Gasteiger partial charge in [-0.25, -0.2) is 4.99 Å². The van der Waals surface area contributed by atoms with Gasteiger partial charge in [-0.3, -0.25) is 0 Å². The topological polar surface area (TPSA) is 66.0 Å². The third kappa shape index (κ3) is 6.55. The molecule has 2 heterocycles. The minimum atomic E-state index is -4.57. The zero-order chi connectivity index (χ0) is 25.1. The van der Waals surface area contributed by atoms with Gasteiger partial charge < -0.3 is 24.8 Å². The molecule has 2 aliphatic rings. The van der Waals surface area contributed by atoms with Gasteiger partial charge in [0.1, 0.15) is 18.8 Å². The van der Waals surface area contributed by atoms with E-state index in [0.29, 0.717) is 30.0 Å². The summed E-state index contributed by atoms with van der Waals surface area (Å²) in [5.74, 6) is 0.00739. The lowest BCUT2D eigenvalue weighted by Gasteiger charge is -2.29. The largest absolute Gasteiger partial charge is 0.419 e. The first-order chi connectivity index (χ1) is 16.6. The second-order valence-electron chi connectivity index (χ2n) is 8.70.